The van der Waals surface area contributed by atoms with E-state index in [9.17, 15) is 18.0 Å². The molecule has 1 saturated heterocycles. The molecule has 2 N–H and O–H groups in total. The summed E-state index contributed by atoms with van der Waals surface area (Å²) in [4.78, 5) is 15.9. The maximum absolute atomic E-state index is 13.3. The van der Waals surface area contributed by atoms with Gasteiger partial charge in [-0.2, -0.15) is 18.3 Å². The predicted octanol–water partition coefficient (Wildman–Crippen LogP) is 4.56. The number of carbonyl (C=O) groups is 1. The number of pyridine rings is 1. The molecular weight excluding hydrogens is 409 g/mol. The molecule has 3 unspecified atom stereocenters. The summed E-state index contributed by atoms with van der Waals surface area (Å²) < 4.78 is 47.5. The minimum Gasteiger partial charge on any atom is -0.364 e. The Labute approximate surface area is 176 Å². The average Bonchev–Trinajstić information content (AvgIpc) is 3.49. The molecule has 1 amide bonds. The van der Waals surface area contributed by atoms with Crippen LogP contribution in [0.1, 0.15) is 54.0 Å². The van der Waals surface area contributed by atoms with Gasteiger partial charge in [0.25, 0.3) is 5.91 Å². The van der Waals surface area contributed by atoms with Gasteiger partial charge in [-0.15, -0.1) is 0 Å². The van der Waals surface area contributed by atoms with E-state index in [1.54, 1.807) is 22.9 Å². The summed E-state index contributed by atoms with van der Waals surface area (Å²) in [6.07, 6.45) is -0.330. The van der Waals surface area contributed by atoms with E-state index >= 15 is 0 Å². The van der Waals surface area contributed by atoms with Crippen molar-refractivity contribution in [3.8, 4) is 11.1 Å². The third kappa shape index (κ3) is 3.56. The lowest BCUT2D eigenvalue weighted by atomic mass is 10.00. The number of primary amides is 1. The Balaban J connectivity index is 1.64. The van der Waals surface area contributed by atoms with E-state index in [4.69, 9.17) is 10.5 Å². The van der Waals surface area contributed by atoms with E-state index in [2.05, 4.69) is 10.1 Å². The SMILES string of the molecule is NC(=O)c1ncccc1-c1ccc2c(c1)c(C1CC1C(F)(F)F)nn2C1CCCCO1. The monoisotopic (exact) mass is 430 g/mol. The number of hydrogen-bond acceptors (Lipinski definition) is 4. The molecule has 9 heteroatoms. The van der Waals surface area contributed by atoms with Crippen LogP contribution in [-0.4, -0.2) is 33.5 Å². The van der Waals surface area contributed by atoms with Crippen LogP contribution in [0.15, 0.2) is 36.5 Å². The van der Waals surface area contributed by atoms with Gasteiger partial charge in [0.15, 0.2) is 6.23 Å². The Bertz CT molecular complexity index is 1150. The highest BCUT2D eigenvalue weighted by Crippen LogP contribution is 2.57. The van der Waals surface area contributed by atoms with E-state index in [0.29, 0.717) is 28.8 Å². The highest BCUT2D eigenvalue weighted by molar-refractivity contribution is 5.99. The first-order valence-corrected chi connectivity index (χ1v) is 10.3. The van der Waals surface area contributed by atoms with Crippen molar-refractivity contribution in [3.63, 3.8) is 0 Å². The second-order valence-corrected chi connectivity index (χ2v) is 8.14. The first kappa shape index (κ1) is 20.0. The zero-order valence-corrected chi connectivity index (χ0v) is 16.6. The number of rotatable bonds is 4. The maximum atomic E-state index is 13.3. The third-order valence-electron chi connectivity index (χ3n) is 6.08. The molecule has 1 saturated carbocycles. The van der Waals surface area contributed by atoms with Crippen LogP contribution in [0.5, 0.6) is 0 Å². The lowest BCUT2D eigenvalue weighted by Gasteiger charge is -2.23. The summed E-state index contributed by atoms with van der Waals surface area (Å²) in [6, 6.07) is 8.82. The van der Waals surface area contributed by atoms with Gasteiger partial charge in [0.2, 0.25) is 0 Å². The molecule has 3 aromatic rings. The number of halogens is 3. The minimum absolute atomic E-state index is 0.0325. The van der Waals surface area contributed by atoms with Crippen molar-refractivity contribution in [1.82, 2.24) is 14.8 Å². The van der Waals surface area contributed by atoms with Crippen LogP contribution in [-0.2, 0) is 4.74 Å². The number of fused-ring (bicyclic) bond motifs is 1. The van der Waals surface area contributed by atoms with Crippen molar-refractivity contribution in [2.45, 2.75) is 44.0 Å². The molecule has 0 bridgehead atoms. The molecule has 2 fully saturated rings. The van der Waals surface area contributed by atoms with Gasteiger partial charge in [-0.05, 0) is 49.4 Å². The summed E-state index contributed by atoms with van der Waals surface area (Å²) in [7, 11) is 0. The van der Waals surface area contributed by atoms with Crippen molar-refractivity contribution in [2.75, 3.05) is 6.61 Å². The van der Waals surface area contributed by atoms with Crippen molar-refractivity contribution in [1.29, 1.82) is 0 Å². The molecule has 1 aromatic carbocycles. The van der Waals surface area contributed by atoms with Gasteiger partial charge in [0, 0.05) is 29.7 Å². The van der Waals surface area contributed by atoms with Gasteiger partial charge in [-0.3, -0.25) is 9.78 Å². The van der Waals surface area contributed by atoms with Gasteiger partial charge < -0.3 is 10.5 Å². The molecule has 1 aliphatic heterocycles. The van der Waals surface area contributed by atoms with Crippen LogP contribution >= 0.6 is 0 Å². The van der Waals surface area contributed by atoms with Crippen LogP contribution in [0, 0.1) is 5.92 Å². The summed E-state index contributed by atoms with van der Waals surface area (Å²) in [5.41, 5.74) is 7.92. The van der Waals surface area contributed by atoms with Crippen molar-refractivity contribution in [3.05, 3.63) is 47.9 Å². The molecule has 162 valence electrons. The molecule has 6 nitrogen and oxygen atoms in total. The highest BCUT2D eigenvalue weighted by atomic mass is 19.4. The molecule has 5 rings (SSSR count). The number of ether oxygens (including phenoxy) is 1. The number of alkyl halides is 3. The van der Waals surface area contributed by atoms with E-state index in [0.717, 1.165) is 24.8 Å². The fourth-order valence-electron chi connectivity index (χ4n) is 4.44. The zero-order valence-electron chi connectivity index (χ0n) is 16.6. The molecular formula is C22H21F3N4O2. The average molecular weight is 430 g/mol. The predicted molar refractivity (Wildman–Crippen MR) is 107 cm³/mol. The molecule has 3 atom stereocenters. The molecule has 2 aromatic heterocycles. The molecule has 31 heavy (non-hydrogen) atoms. The topological polar surface area (TPSA) is 83.0 Å². The third-order valence-corrected chi connectivity index (χ3v) is 6.08. The number of aromatic nitrogens is 3. The van der Waals surface area contributed by atoms with Gasteiger partial charge in [0.05, 0.1) is 17.1 Å². The van der Waals surface area contributed by atoms with Gasteiger partial charge >= 0.3 is 6.18 Å². The number of carbonyl (C=O) groups excluding carboxylic acids is 1. The standard InChI is InChI=1S/C22H21F3N4O2/c23-22(24,25)16-11-14(16)19-15-10-12(13-4-3-8-27-20(13)21(26)30)6-7-17(15)29(28-19)18-5-1-2-9-31-18/h3-4,6-8,10,14,16,18H,1-2,5,9,11H2,(H2,26,30). The lowest BCUT2D eigenvalue weighted by Crippen LogP contribution is -2.19. The highest BCUT2D eigenvalue weighted by Gasteiger charge is 2.57. The van der Waals surface area contributed by atoms with Crippen molar-refractivity contribution < 1.29 is 22.7 Å². The Morgan fingerprint density at radius 3 is 2.74 bits per heavy atom. The smallest absolute Gasteiger partial charge is 0.364 e. The summed E-state index contributed by atoms with van der Waals surface area (Å²) in [5.74, 6) is -2.72. The van der Waals surface area contributed by atoms with E-state index in [-0.39, 0.29) is 18.3 Å². The maximum Gasteiger partial charge on any atom is 0.392 e. The van der Waals surface area contributed by atoms with Crippen LogP contribution in [0.25, 0.3) is 22.0 Å². The van der Waals surface area contributed by atoms with E-state index in [1.807, 2.05) is 12.1 Å². The van der Waals surface area contributed by atoms with Crippen LogP contribution in [0.2, 0.25) is 0 Å². The molecule has 3 heterocycles. The molecule has 1 aliphatic carbocycles. The zero-order chi connectivity index (χ0) is 21.8. The molecule has 0 spiro atoms. The molecule has 0 radical (unpaired) electrons. The van der Waals surface area contributed by atoms with Gasteiger partial charge in [0.1, 0.15) is 5.69 Å². The summed E-state index contributed by atoms with van der Waals surface area (Å²) in [6.45, 7) is 0.603. The number of nitrogens with two attached hydrogens (primary N) is 1. The second-order valence-electron chi connectivity index (χ2n) is 8.14. The Hall–Kier alpha value is -2.94. The van der Waals surface area contributed by atoms with Crippen LogP contribution in [0.4, 0.5) is 13.2 Å². The molecule has 2 aliphatic rings. The minimum atomic E-state index is -4.25. The Kier molecular flexibility index (Phi) is 4.73. The lowest BCUT2D eigenvalue weighted by molar-refractivity contribution is -0.148. The first-order valence-electron chi connectivity index (χ1n) is 10.3. The largest absolute Gasteiger partial charge is 0.392 e. The van der Waals surface area contributed by atoms with Gasteiger partial charge in [-0.25, -0.2) is 4.68 Å². The number of amides is 1. The number of hydrogen-bond donors (Lipinski definition) is 1. The van der Waals surface area contributed by atoms with Crippen molar-refractivity contribution >= 4 is 16.8 Å². The quantitative estimate of drug-likeness (QED) is 0.658. The normalized spacial score (nSPS) is 23.8. The van der Waals surface area contributed by atoms with E-state index < -0.39 is 23.9 Å². The van der Waals surface area contributed by atoms with E-state index in [1.165, 1.54) is 6.20 Å². The Morgan fingerprint density at radius 2 is 2.06 bits per heavy atom. The number of nitrogens with zero attached hydrogens (tertiary/aromatic N) is 3. The first-order chi connectivity index (χ1) is 14.8. The second kappa shape index (κ2) is 7.33. The van der Waals surface area contributed by atoms with Crippen molar-refractivity contribution in [2.24, 2.45) is 11.7 Å². The van der Waals surface area contributed by atoms with Gasteiger partial charge in [-0.1, -0.05) is 12.1 Å². The Morgan fingerprint density at radius 1 is 1.23 bits per heavy atom. The van der Waals surface area contributed by atoms with Crippen LogP contribution in [0.3, 0.4) is 0 Å². The summed E-state index contributed by atoms with van der Waals surface area (Å²) >= 11 is 0. The van der Waals surface area contributed by atoms with Crippen LogP contribution < -0.4 is 5.73 Å². The fraction of sp³-hybridized carbons (Fsp3) is 0.409. The number of benzene rings is 1. The fourth-order valence-corrected chi connectivity index (χ4v) is 4.44. The summed E-state index contributed by atoms with van der Waals surface area (Å²) in [5, 5.41) is 5.26.